The molecule has 0 aromatic rings. The van der Waals surface area contributed by atoms with Crippen LogP contribution in [0.3, 0.4) is 0 Å². The molecule has 0 unspecified atom stereocenters. The molecule has 10 heavy (non-hydrogen) atoms. The van der Waals surface area contributed by atoms with Crippen LogP contribution in [-0.4, -0.2) is 30.8 Å². The molecule has 0 atom stereocenters. The minimum Gasteiger partial charge on any atom is -0.306 e. The molecule has 0 rings (SSSR count). The van der Waals surface area contributed by atoms with E-state index in [0.29, 0.717) is 0 Å². The van der Waals surface area contributed by atoms with Gasteiger partial charge in [0.1, 0.15) is 0 Å². The zero-order valence-corrected chi connectivity index (χ0v) is 7.78. The lowest BCUT2D eigenvalue weighted by Crippen LogP contribution is -2.21. The molecule has 0 saturated carbocycles. The predicted molar refractivity (Wildman–Crippen MR) is 50.4 cm³/mol. The Bertz CT molecular complexity index is 83.3. The van der Waals surface area contributed by atoms with Crippen LogP contribution < -0.4 is 0 Å². The van der Waals surface area contributed by atoms with Gasteiger partial charge in [0.15, 0.2) is 0 Å². The summed E-state index contributed by atoms with van der Waals surface area (Å²) in [6, 6.07) is 0. The first-order valence-corrected chi connectivity index (χ1v) is 4.77. The van der Waals surface area contributed by atoms with Crippen molar-refractivity contribution in [3.8, 4) is 0 Å². The van der Waals surface area contributed by atoms with E-state index in [-0.39, 0.29) is 0 Å². The topological polar surface area (TPSA) is 3.24 Å². The molecule has 0 N–H and O–H groups in total. The first-order valence-electron chi connectivity index (χ1n) is 3.72. The van der Waals surface area contributed by atoms with E-state index in [1.165, 1.54) is 25.3 Å². The van der Waals surface area contributed by atoms with Crippen molar-refractivity contribution in [2.45, 2.75) is 13.3 Å². The zero-order valence-electron chi connectivity index (χ0n) is 6.97. The van der Waals surface area contributed by atoms with Gasteiger partial charge in [-0.05, 0) is 25.4 Å². The van der Waals surface area contributed by atoms with Crippen LogP contribution in [0.5, 0.6) is 0 Å². The number of thioether (sulfide) groups is 1. The molecule has 0 aliphatic heterocycles. The van der Waals surface area contributed by atoms with Crippen molar-refractivity contribution >= 4 is 11.8 Å². The lowest BCUT2D eigenvalue weighted by atomic mass is 10.4. The minimum atomic E-state index is 1.17. The molecule has 1 nitrogen and oxygen atoms in total. The summed E-state index contributed by atoms with van der Waals surface area (Å²) in [7, 11) is 2.16. The van der Waals surface area contributed by atoms with Crippen molar-refractivity contribution < 1.29 is 0 Å². The third-order valence-corrected chi connectivity index (χ3v) is 1.97. The molecule has 0 aromatic carbocycles. The van der Waals surface area contributed by atoms with E-state index in [2.05, 4.69) is 25.5 Å². The number of hydrogen-bond acceptors (Lipinski definition) is 2. The van der Waals surface area contributed by atoms with Gasteiger partial charge in [0.05, 0.1) is 0 Å². The van der Waals surface area contributed by atoms with Crippen molar-refractivity contribution in [1.29, 1.82) is 0 Å². The third kappa shape index (κ3) is 6.17. The number of hydrogen-bond donors (Lipinski definition) is 0. The average Bonchev–Trinajstić information content (AvgIpc) is 1.89. The van der Waals surface area contributed by atoms with E-state index in [9.17, 15) is 0 Å². The monoisotopic (exact) mass is 159 g/mol. The maximum atomic E-state index is 3.65. The Morgan fingerprint density at radius 1 is 1.50 bits per heavy atom. The summed E-state index contributed by atoms with van der Waals surface area (Å²) < 4.78 is 0. The molecule has 60 valence electrons. The molecular weight excluding hydrogens is 142 g/mol. The van der Waals surface area contributed by atoms with Gasteiger partial charge in [0.25, 0.3) is 0 Å². The average molecular weight is 159 g/mol. The highest BCUT2D eigenvalue weighted by molar-refractivity contribution is 8.02. The van der Waals surface area contributed by atoms with Gasteiger partial charge in [-0.25, -0.2) is 0 Å². The van der Waals surface area contributed by atoms with E-state index < -0.39 is 0 Å². The van der Waals surface area contributed by atoms with E-state index in [1.54, 1.807) is 11.8 Å². The van der Waals surface area contributed by atoms with Gasteiger partial charge in [0.2, 0.25) is 0 Å². The molecule has 0 amide bonds. The molecule has 0 aliphatic rings. The summed E-state index contributed by atoms with van der Waals surface area (Å²) in [4.78, 5) is 2.34. The Balaban J connectivity index is 3.04. The van der Waals surface area contributed by atoms with Crippen LogP contribution in [0.15, 0.2) is 12.0 Å². The predicted octanol–water partition coefficient (Wildman–Crippen LogP) is 2.20. The minimum absolute atomic E-state index is 1.17. The van der Waals surface area contributed by atoms with Crippen molar-refractivity contribution in [3.63, 3.8) is 0 Å². The maximum Gasteiger partial charge on any atom is 0.0102 e. The quantitative estimate of drug-likeness (QED) is 0.547. The SMILES string of the molecule is C=CSCCN(C)CCC. The van der Waals surface area contributed by atoms with Crippen LogP contribution in [0.1, 0.15) is 13.3 Å². The first kappa shape index (κ1) is 10.0. The van der Waals surface area contributed by atoms with E-state index >= 15 is 0 Å². The van der Waals surface area contributed by atoms with E-state index in [4.69, 9.17) is 0 Å². The van der Waals surface area contributed by atoms with E-state index in [1.807, 2.05) is 5.41 Å². The Labute approximate surface area is 68.5 Å². The third-order valence-electron chi connectivity index (χ3n) is 1.31. The standard InChI is InChI=1S/C8H17NS/c1-4-6-9(3)7-8-10-5-2/h5H,2,4,6-8H2,1,3H3. The Morgan fingerprint density at radius 2 is 2.20 bits per heavy atom. The smallest absolute Gasteiger partial charge is 0.0102 e. The second-order valence-corrected chi connectivity index (χ2v) is 3.42. The van der Waals surface area contributed by atoms with Crippen LogP contribution in [0.2, 0.25) is 0 Å². The van der Waals surface area contributed by atoms with Crippen molar-refractivity contribution in [2.75, 3.05) is 25.9 Å². The van der Waals surface area contributed by atoms with Gasteiger partial charge >= 0.3 is 0 Å². The summed E-state index contributed by atoms with van der Waals surface area (Å²) in [5.74, 6) is 1.17. The fraction of sp³-hybridized carbons (Fsp3) is 0.750. The fourth-order valence-electron chi connectivity index (χ4n) is 0.785. The summed E-state index contributed by atoms with van der Waals surface area (Å²) >= 11 is 1.78. The molecule has 0 bridgehead atoms. The summed E-state index contributed by atoms with van der Waals surface area (Å²) in [6.45, 7) is 8.23. The molecular formula is C8H17NS. The molecule has 0 aliphatic carbocycles. The first-order chi connectivity index (χ1) is 4.81. The summed E-state index contributed by atoms with van der Waals surface area (Å²) in [6.07, 6.45) is 1.25. The van der Waals surface area contributed by atoms with E-state index in [0.717, 1.165) is 0 Å². The van der Waals surface area contributed by atoms with Crippen LogP contribution >= 0.6 is 11.8 Å². The van der Waals surface area contributed by atoms with Gasteiger partial charge in [-0.2, -0.15) is 0 Å². The normalized spacial score (nSPS) is 10.3. The molecule has 0 radical (unpaired) electrons. The largest absolute Gasteiger partial charge is 0.306 e. The molecule has 0 aromatic heterocycles. The van der Waals surface area contributed by atoms with Crippen LogP contribution in [0.4, 0.5) is 0 Å². The molecule has 0 spiro atoms. The second kappa shape index (κ2) is 7.16. The summed E-state index contributed by atoms with van der Waals surface area (Å²) in [5.41, 5.74) is 0. The highest BCUT2D eigenvalue weighted by Gasteiger charge is 1.93. The Kier molecular flexibility index (Phi) is 7.20. The van der Waals surface area contributed by atoms with Crippen molar-refractivity contribution in [1.82, 2.24) is 4.90 Å². The Hall–Kier alpha value is 0.0500. The van der Waals surface area contributed by atoms with Gasteiger partial charge in [0, 0.05) is 12.3 Å². The second-order valence-electron chi connectivity index (χ2n) is 2.34. The number of nitrogens with zero attached hydrogens (tertiary/aromatic N) is 1. The molecule has 0 saturated heterocycles. The highest BCUT2D eigenvalue weighted by atomic mass is 32.2. The maximum absolute atomic E-state index is 3.65. The molecule has 0 heterocycles. The van der Waals surface area contributed by atoms with Gasteiger partial charge in [-0.15, -0.1) is 11.8 Å². The Morgan fingerprint density at radius 3 is 2.70 bits per heavy atom. The van der Waals surface area contributed by atoms with Gasteiger partial charge in [-0.3, -0.25) is 0 Å². The lowest BCUT2D eigenvalue weighted by Gasteiger charge is -2.13. The van der Waals surface area contributed by atoms with Crippen LogP contribution in [0.25, 0.3) is 0 Å². The summed E-state index contributed by atoms with van der Waals surface area (Å²) in [5, 5.41) is 1.90. The van der Waals surface area contributed by atoms with Crippen LogP contribution in [-0.2, 0) is 0 Å². The molecule has 2 heteroatoms. The van der Waals surface area contributed by atoms with Crippen molar-refractivity contribution in [3.05, 3.63) is 12.0 Å². The zero-order chi connectivity index (χ0) is 7.82. The van der Waals surface area contributed by atoms with Crippen molar-refractivity contribution in [2.24, 2.45) is 0 Å². The number of rotatable bonds is 6. The van der Waals surface area contributed by atoms with Crippen LogP contribution in [0, 0.1) is 0 Å². The van der Waals surface area contributed by atoms with Gasteiger partial charge < -0.3 is 4.90 Å². The fourth-order valence-corrected chi connectivity index (χ4v) is 1.37. The molecule has 0 fully saturated rings. The van der Waals surface area contributed by atoms with Gasteiger partial charge in [-0.1, -0.05) is 13.5 Å². The highest BCUT2D eigenvalue weighted by Crippen LogP contribution is 1.99. The lowest BCUT2D eigenvalue weighted by molar-refractivity contribution is 0.356.